The van der Waals surface area contributed by atoms with E-state index in [4.69, 9.17) is 12.2 Å². The van der Waals surface area contributed by atoms with Crippen molar-refractivity contribution >= 4 is 33.8 Å². The molecule has 1 aromatic carbocycles. The van der Waals surface area contributed by atoms with E-state index in [0.717, 1.165) is 21.8 Å². The molecule has 0 radical (unpaired) electrons. The molecule has 2 heterocycles. The zero-order chi connectivity index (χ0) is 10.6. The highest BCUT2D eigenvalue weighted by Crippen LogP contribution is 2.30. The zero-order valence-electron chi connectivity index (χ0n) is 8.61. The SMILES string of the molecule is CC1=C(C)c2nc3ccccc3n2C1=S. The predicted octanol–water partition coefficient (Wildman–Crippen LogP) is 3.02. The highest BCUT2D eigenvalue weighted by Gasteiger charge is 2.24. The van der Waals surface area contributed by atoms with Crippen LogP contribution in [0.5, 0.6) is 0 Å². The van der Waals surface area contributed by atoms with Crippen LogP contribution in [0.2, 0.25) is 0 Å². The van der Waals surface area contributed by atoms with Gasteiger partial charge in [0, 0.05) is 0 Å². The molecule has 0 spiro atoms. The number of allylic oxidation sites excluding steroid dienone is 2. The van der Waals surface area contributed by atoms with Crippen LogP contribution in [0.3, 0.4) is 0 Å². The molecular formula is C12H10N2S. The second-order valence-electron chi connectivity index (χ2n) is 3.81. The van der Waals surface area contributed by atoms with Crippen molar-refractivity contribution in [3.63, 3.8) is 0 Å². The van der Waals surface area contributed by atoms with Crippen molar-refractivity contribution in [3.8, 4) is 0 Å². The van der Waals surface area contributed by atoms with Crippen LogP contribution < -0.4 is 0 Å². The van der Waals surface area contributed by atoms with Gasteiger partial charge in [-0.15, -0.1) is 0 Å². The van der Waals surface area contributed by atoms with Gasteiger partial charge in [0.2, 0.25) is 0 Å². The molecule has 0 N–H and O–H groups in total. The largest absolute Gasteiger partial charge is 0.283 e. The third-order valence-electron chi connectivity index (χ3n) is 2.98. The first-order chi connectivity index (χ1) is 7.20. The first-order valence-electron chi connectivity index (χ1n) is 4.90. The normalized spacial score (nSPS) is 15.2. The summed E-state index contributed by atoms with van der Waals surface area (Å²) in [7, 11) is 0. The number of fused-ring (bicyclic) bond motifs is 3. The van der Waals surface area contributed by atoms with Gasteiger partial charge in [-0.3, -0.25) is 4.57 Å². The van der Waals surface area contributed by atoms with Crippen molar-refractivity contribution in [2.24, 2.45) is 0 Å². The second kappa shape index (κ2) is 2.76. The number of hydrogen-bond donors (Lipinski definition) is 0. The van der Waals surface area contributed by atoms with E-state index in [2.05, 4.69) is 29.5 Å². The maximum Gasteiger partial charge on any atom is 0.142 e. The molecule has 3 rings (SSSR count). The van der Waals surface area contributed by atoms with Gasteiger partial charge in [-0.2, -0.15) is 0 Å². The van der Waals surface area contributed by atoms with Crippen molar-refractivity contribution in [1.82, 2.24) is 9.55 Å². The molecule has 0 saturated heterocycles. The smallest absolute Gasteiger partial charge is 0.142 e. The molecule has 1 aromatic heterocycles. The molecule has 0 atom stereocenters. The van der Waals surface area contributed by atoms with E-state index < -0.39 is 0 Å². The summed E-state index contributed by atoms with van der Waals surface area (Å²) in [6, 6.07) is 8.10. The fraction of sp³-hybridized carbons (Fsp3) is 0.167. The lowest BCUT2D eigenvalue weighted by atomic mass is 10.2. The molecule has 1 aliphatic rings. The summed E-state index contributed by atoms with van der Waals surface area (Å²) in [6.07, 6.45) is 0. The quantitative estimate of drug-likeness (QED) is 0.627. The highest BCUT2D eigenvalue weighted by molar-refractivity contribution is 7.80. The van der Waals surface area contributed by atoms with Crippen LogP contribution >= 0.6 is 12.2 Å². The Kier molecular flexibility index (Phi) is 1.62. The molecule has 2 aromatic rings. The van der Waals surface area contributed by atoms with Crippen LogP contribution in [0, 0.1) is 0 Å². The summed E-state index contributed by atoms with van der Waals surface area (Å²) < 4.78 is 2.06. The van der Waals surface area contributed by atoms with Crippen molar-refractivity contribution in [2.75, 3.05) is 0 Å². The summed E-state index contributed by atoms with van der Waals surface area (Å²) >= 11 is 5.42. The first kappa shape index (κ1) is 8.80. The molecule has 0 unspecified atom stereocenters. The minimum Gasteiger partial charge on any atom is -0.283 e. The van der Waals surface area contributed by atoms with Crippen LogP contribution in [0.25, 0.3) is 16.6 Å². The molecule has 0 saturated carbocycles. The standard InChI is InChI=1S/C12H10N2S/c1-7-8(2)12(15)14-10-6-4-3-5-9(10)13-11(7)14/h3-6H,1-2H3. The Balaban J connectivity index is 2.47. The number of para-hydroxylation sites is 2. The number of thiocarbonyl (C=S) groups is 1. The molecule has 15 heavy (non-hydrogen) atoms. The first-order valence-corrected chi connectivity index (χ1v) is 5.31. The maximum absolute atomic E-state index is 5.42. The van der Waals surface area contributed by atoms with E-state index in [9.17, 15) is 0 Å². The van der Waals surface area contributed by atoms with Gasteiger partial charge >= 0.3 is 0 Å². The predicted molar refractivity (Wildman–Crippen MR) is 66.0 cm³/mol. The Hall–Kier alpha value is -1.48. The van der Waals surface area contributed by atoms with E-state index in [-0.39, 0.29) is 0 Å². The highest BCUT2D eigenvalue weighted by atomic mass is 32.1. The van der Waals surface area contributed by atoms with E-state index in [1.807, 2.05) is 18.2 Å². The average molecular weight is 214 g/mol. The van der Waals surface area contributed by atoms with E-state index in [0.29, 0.717) is 0 Å². The lowest BCUT2D eigenvalue weighted by Gasteiger charge is -2.00. The Bertz CT molecular complexity index is 620. The minimum atomic E-state index is 0.885. The number of aromatic nitrogens is 2. The van der Waals surface area contributed by atoms with Crippen molar-refractivity contribution in [2.45, 2.75) is 13.8 Å². The third-order valence-corrected chi connectivity index (χ3v) is 3.47. The molecule has 0 aliphatic carbocycles. The van der Waals surface area contributed by atoms with E-state index in [1.165, 1.54) is 11.1 Å². The lowest BCUT2D eigenvalue weighted by molar-refractivity contribution is 1.16. The molecule has 1 aliphatic heterocycles. The summed E-state index contributed by atoms with van der Waals surface area (Å²) in [4.78, 5) is 5.48. The van der Waals surface area contributed by atoms with Gasteiger partial charge in [-0.1, -0.05) is 24.4 Å². The van der Waals surface area contributed by atoms with Gasteiger partial charge in [0.15, 0.2) is 0 Å². The van der Waals surface area contributed by atoms with Crippen LogP contribution in [0.4, 0.5) is 0 Å². The molecule has 3 heteroatoms. The summed E-state index contributed by atoms with van der Waals surface area (Å²) in [6.45, 7) is 4.13. The number of hydrogen-bond acceptors (Lipinski definition) is 2. The molecule has 0 fully saturated rings. The number of nitrogens with zero attached hydrogens (tertiary/aromatic N) is 2. The maximum atomic E-state index is 5.42. The van der Waals surface area contributed by atoms with E-state index in [1.54, 1.807) is 0 Å². The Morgan fingerprint density at radius 3 is 2.67 bits per heavy atom. The van der Waals surface area contributed by atoms with Gasteiger partial charge in [0.25, 0.3) is 0 Å². The van der Waals surface area contributed by atoms with Gasteiger partial charge in [0.05, 0.1) is 11.0 Å². The summed E-state index contributed by atoms with van der Waals surface area (Å²) in [5, 5.41) is 0. The van der Waals surface area contributed by atoms with Crippen molar-refractivity contribution in [1.29, 1.82) is 0 Å². The van der Waals surface area contributed by atoms with Gasteiger partial charge in [0.1, 0.15) is 10.8 Å². The Labute approximate surface area is 93.2 Å². The van der Waals surface area contributed by atoms with Crippen LogP contribution in [-0.2, 0) is 0 Å². The van der Waals surface area contributed by atoms with E-state index >= 15 is 0 Å². The summed E-state index contributed by atoms with van der Waals surface area (Å²) in [5.41, 5.74) is 4.48. The zero-order valence-corrected chi connectivity index (χ0v) is 9.43. The van der Waals surface area contributed by atoms with Crippen molar-refractivity contribution < 1.29 is 0 Å². The average Bonchev–Trinajstić information content (AvgIpc) is 2.72. The molecular weight excluding hydrogens is 204 g/mol. The Morgan fingerprint density at radius 2 is 1.87 bits per heavy atom. The third kappa shape index (κ3) is 0.984. The number of imidazole rings is 1. The minimum absolute atomic E-state index is 0.885. The molecule has 0 bridgehead atoms. The summed E-state index contributed by atoms with van der Waals surface area (Å²) in [5.74, 6) is 0.999. The van der Waals surface area contributed by atoms with Gasteiger partial charge in [-0.25, -0.2) is 4.98 Å². The molecule has 74 valence electrons. The van der Waals surface area contributed by atoms with Crippen LogP contribution in [0.1, 0.15) is 19.7 Å². The van der Waals surface area contributed by atoms with Gasteiger partial charge in [-0.05, 0) is 37.1 Å². The molecule has 0 amide bonds. The fourth-order valence-corrected chi connectivity index (χ4v) is 2.32. The lowest BCUT2D eigenvalue weighted by Crippen LogP contribution is -2.05. The van der Waals surface area contributed by atoms with Crippen LogP contribution in [0.15, 0.2) is 29.8 Å². The van der Waals surface area contributed by atoms with Crippen molar-refractivity contribution in [3.05, 3.63) is 35.7 Å². The fourth-order valence-electron chi connectivity index (χ4n) is 1.98. The van der Waals surface area contributed by atoms with Crippen LogP contribution in [-0.4, -0.2) is 14.5 Å². The Morgan fingerprint density at radius 1 is 1.13 bits per heavy atom. The van der Waals surface area contributed by atoms with Gasteiger partial charge < -0.3 is 0 Å². The number of benzene rings is 1. The topological polar surface area (TPSA) is 17.8 Å². The monoisotopic (exact) mass is 214 g/mol. The molecule has 2 nitrogen and oxygen atoms in total. The number of rotatable bonds is 0. The second-order valence-corrected chi connectivity index (χ2v) is 4.20.